The van der Waals surface area contributed by atoms with Crippen LogP contribution >= 0.6 is 0 Å². The maximum atomic E-state index is 3.59. The molecule has 0 aliphatic heterocycles. The molecular formula is C10H15N. The Morgan fingerprint density at radius 2 is 1.91 bits per heavy atom. The molecule has 0 aliphatic carbocycles. The number of rotatable bonds is 4. The highest BCUT2D eigenvalue weighted by molar-refractivity contribution is 5.25. The SMILES string of the molecule is C=C/C=C\C(NC=C)=C(C)C. The zero-order chi connectivity index (χ0) is 8.69. The van der Waals surface area contributed by atoms with Crippen molar-refractivity contribution in [3.05, 3.63) is 48.9 Å². The zero-order valence-electron chi connectivity index (χ0n) is 7.22. The van der Waals surface area contributed by atoms with Gasteiger partial charge in [-0.15, -0.1) is 0 Å². The lowest BCUT2D eigenvalue weighted by atomic mass is 10.2. The average Bonchev–Trinajstić information content (AvgIpc) is 1.97. The Kier molecular flexibility index (Phi) is 4.91. The first-order valence-corrected chi connectivity index (χ1v) is 3.56. The van der Waals surface area contributed by atoms with Crippen molar-refractivity contribution in [2.75, 3.05) is 0 Å². The molecule has 0 spiro atoms. The van der Waals surface area contributed by atoms with Crippen LogP contribution < -0.4 is 5.32 Å². The molecule has 1 nitrogen and oxygen atoms in total. The molecule has 1 N–H and O–H groups in total. The molecule has 0 aromatic heterocycles. The summed E-state index contributed by atoms with van der Waals surface area (Å²) in [6.45, 7) is 11.3. The summed E-state index contributed by atoms with van der Waals surface area (Å²) in [5.74, 6) is 0. The Hall–Kier alpha value is -1.24. The molecule has 0 rings (SSSR count). The van der Waals surface area contributed by atoms with Crippen molar-refractivity contribution in [1.82, 2.24) is 5.32 Å². The summed E-state index contributed by atoms with van der Waals surface area (Å²) in [6, 6.07) is 0. The van der Waals surface area contributed by atoms with Crippen molar-refractivity contribution < 1.29 is 0 Å². The van der Waals surface area contributed by atoms with Crippen LogP contribution in [0.5, 0.6) is 0 Å². The van der Waals surface area contributed by atoms with E-state index in [9.17, 15) is 0 Å². The fourth-order valence-corrected chi connectivity index (χ4v) is 0.633. The Balaban J connectivity index is 4.35. The topological polar surface area (TPSA) is 12.0 Å². The molecule has 0 atom stereocenters. The molecule has 0 saturated heterocycles. The lowest BCUT2D eigenvalue weighted by molar-refractivity contribution is 1.07. The number of nitrogens with one attached hydrogen (secondary N) is 1. The summed E-state index contributed by atoms with van der Waals surface area (Å²) in [7, 11) is 0. The molecule has 0 saturated carbocycles. The fourth-order valence-electron chi connectivity index (χ4n) is 0.633. The van der Waals surface area contributed by atoms with Crippen LogP contribution in [-0.2, 0) is 0 Å². The third-order valence-corrected chi connectivity index (χ3v) is 1.20. The van der Waals surface area contributed by atoms with Crippen LogP contribution in [0.1, 0.15) is 13.8 Å². The summed E-state index contributed by atoms with van der Waals surface area (Å²) >= 11 is 0. The van der Waals surface area contributed by atoms with E-state index in [2.05, 4.69) is 18.5 Å². The normalized spacial score (nSPS) is 9.27. The molecule has 0 amide bonds. The van der Waals surface area contributed by atoms with Crippen molar-refractivity contribution in [3.63, 3.8) is 0 Å². The molecule has 0 unspecified atom stereocenters. The Morgan fingerprint density at radius 1 is 1.27 bits per heavy atom. The first-order valence-electron chi connectivity index (χ1n) is 3.56. The summed E-state index contributed by atoms with van der Waals surface area (Å²) in [4.78, 5) is 0. The van der Waals surface area contributed by atoms with Gasteiger partial charge in [-0.3, -0.25) is 0 Å². The summed E-state index contributed by atoms with van der Waals surface area (Å²) < 4.78 is 0. The molecule has 0 bridgehead atoms. The minimum absolute atomic E-state index is 1.07. The highest BCUT2D eigenvalue weighted by Crippen LogP contribution is 2.00. The van der Waals surface area contributed by atoms with Gasteiger partial charge in [0.1, 0.15) is 0 Å². The van der Waals surface area contributed by atoms with Crippen LogP contribution in [0, 0.1) is 0 Å². The number of hydrogen-bond acceptors (Lipinski definition) is 1. The Morgan fingerprint density at radius 3 is 2.27 bits per heavy atom. The lowest BCUT2D eigenvalue weighted by Crippen LogP contribution is -2.02. The number of hydrogen-bond donors (Lipinski definition) is 1. The summed E-state index contributed by atoms with van der Waals surface area (Å²) in [5, 5.41) is 3.03. The van der Waals surface area contributed by atoms with Crippen molar-refractivity contribution in [2.24, 2.45) is 0 Å². The van der Waals surface area contributed by atoms with Gasteiger partial charge in [-0.25, -0.2) is 0 Å². The molecule has 0 fully saturated rings. The number of allylic oxidation sites excluding steroid dienone is 4. The van der Waals surface area contributed by atoms with Crippen molar-refractivity contribution in [2.45, 2.75) is 13.8 Å². The van der Waals surface area contributed by atoms with E-state index in [1.54, 1.807) is 12.3 Å². The first-order chi connectivity index (χ1) is 5.22. The molecule has 11 heavy (non-hydrogen) atoms. The minimum atomic E-state index is 1.07. The van der Waals surface area contributed by atoms with E-state index in [0.29, 0.717) is 0 Å². The minimum Gasteiger partial charge on any atom is -0.362 e. The van der Waals surface area contributed by atoms with Gasteiger partial charge in [0.25, 0.3) is 0 Å². The van der Waals surface area contributed by atoms with E-state index in [0.717, 1.165) is 5.70 Å². The van der Waals surface area contributed by atoms with Crippen LogP contribution in [-0.4, -0.2) is 0 Å². The van der Waals surface area contributed by atoms with Gasteiger partial charge < -0.3 is 5.32 Å². The molecule has 60 valence electrons. The van der Waals surface area contributed by atoms with Gasteiger partial charge in [-0.2, -0.15) is 0 Å². The fraction of sp³-hybridized carbons (Fsp3) is 0.200. The van der Waals surface area contributed by atoms with Gasteiger partial charge in [0, 0.05) is 5.70 Å². The standard InChI is InChI=1S/C10H15N/c1-5-7-8-10(9(3)4)11-6-2/h5-8,11H,1-2H2,3-4H3/b8-7-. The molecule has 0 aromatic carbocycles. The van der Waals surface area contributed by atoms with Gasteiger partial charge in [-0.1, -0.05) is 30.9 Å². The van der Waals surface area contributed by atoms with Crippen molar-refractivity contribution in [1.29, 1.82) is 0 Å². The average molecular weight is 149 g/mol. The molecule has 0 aromatic rings. The first kappa shape index (κ1) is 9.76. The van der Waals surface area contributed by atoms with E-state index in [1.807, 2.05) is 26.0 Å². The van der Waals surface area contributed by atoms with Gasteiger partial charge in [-0.05, 0) is 26.1 Å². The largest absolute Gasteiger partial charge is 0.362 e. The zero-order valence-corrected chi connectivity index (χ0v) is 7.22. The lowest BCUT2D eigenvalue weighted by Gasteiger charge is -2.02. The maximum Gasteiger partial charge on any atom is 0.0365 e. The Bertz CT molecular complexity index is 193. The monoisotopic (exact) mass is 149 g/mol. The molecular weight excluding hydrogens is 134 g/mol. The second kappa shape index (κ2) is 5.54. The summed E-state index contributed by atoms with van der Waals surface area (Å²) in [6.07, 6.45) is 7.26. The van der Waals surface area contributed by atoms with Crippen LogP contribution in [0.3, 0.4) is 0 Å². The van der Waals surface area contributed by atoms with Crippen molar-refractivity contribution in [3.8, 4) is 0 Å². The van der Waals surface area contributed by atoms with E-state index in [-0.39, 0.29) is 0 Å². The van der Waals surface area contributed by atoms with Crippen molar-refractivity contribution >= 4 is 0 Å². The smallest absolute Gasteiger partial charge is 0.0365 e. The second-order valence-electron chi connectivity index (χ2n) is 2.36. The quantitative estimate of drug-likeness (QED) is 0.606. The molecule has 0 aliphatic rings. The predicted octanol–water partition coefficient (Wildman–Crippen LogP) is 2.76. The summed E-state index contributed by atoms with van der Waals surface area (Å²) in [5.41, 5.74) is 2.29. The van der Waals surface area contributed by atoms with E-state index < -0.39 is 0 Å². The van der Waals surface area contributed by atoms with Gasteiger partial charge in [0.15, 0.2) is 0 Å². The van der Waals surface area contributed by atoms with Crippen LogP contribution in [0.4, 0.5) is 0 Å². The molecule has 1 heteroatoms. The van der Waals surface area contributed by atoms with E-state index in [4.69, 9.17) is 0 Å². The van der Waals surface area contributed by atoms with Gasteiger partial charge in [0.05, 0.1) is 0 Å². The molecule has 0 heterocycles. The van der Waals surface area contributed by atoms with E-state index in [1.165, 1.54) is 5.57 Å². The van der Waals surface area contributed by atoms with Gasteiger partial charge >= 0.3 is 0 Å². The third kappa shape index (κ3) is 4.20. The van der Waals surface area contributed by atoms with E-state index >= 15 is 0 Å². The van der Waals surface area contributed by atoms with Crippen LogP contribution in [0.15, 0.2) is 48.9 Å². The predicted molar refractivity (Wildman–Crippen MR) is 51.0 cm³/mol. The Labute approximate surface area is 68.8 Å². The highest BCUT2D eigenvalue weighted by atomic mass is 14.8. The van der Waals surface area contributed by atoms with Crippen LogP contribution in [0.25, 0.3) is 0 Å². The highest BCUT2D eigenvalue weighted by Gasteiger charge is 1.88. The third-order valence-electron chi connectivity index (χ3n) is 1.20. The molecule has 0 radical (unpaired) electrons. The van der Waals surface area contributed by atoms with Gasteiger partial charge in [0.2, 0.25) is 0 Å². The maximum absolute atomic E-state index is 3.59. The second-order valence-corrected chi connectivity index (χ2v) is 2.36. The van der Waals surface area contributed by atoms with Crippen LogP contribution in [0.2, 0.25) is 0 Å².